The van der Waals surface area contributed by atoms with Gasteiger partial charge in [0, 0.05) is 20.1 Å². The first kappa shape index (κ1) is 20.4. The predicted molar refractivity (Wildman–Crippen MR) is 110 cm³/mol. The van der Waals surface area contributed by atoms with Gasteiger partial charge in [-0.25, -0.2) is 0 Å². The highest BCUT2D eigenvalue weighted by molar-refractivity contribution is 5.82. The van der Waals surface area contributed by atoms with Crippen molar-refractivity contribution in [2.45, 2.75) is 52.5 Å². The minimum Gasteiger partial charge on any atom is -0.488 e. The number of ether oxygens (including phenoxy) is 1. The van der Waals surface area contributed by atoms with Crippen molar-refractivity contribution in [3.05, 3.63) is 64.2 Å². The fraction of sp³-hybridized carbons (Fsp3) is 0.435. The number of aryl methyl sites for hydroxylation is 3. The zero-order valence-electron chi connectivity index (χ0n) is 17.2. The molecule has 1 heterocycles. The van der Waals surface area contributed by atoms with E-state index < -0.39 is 6.10 Å². The Morgan fingerprint density at radius 1 is 1.14 bits per heavy atom. The molecule has 1 amide bonds. The summed E-state index contributed by atoms with van der Waals surface area (Å²) in [6.07, 6.45) is 0.0457. The highest BCUT2D eigenvalue weighted by Crippen LogP contribution is 2.26. The van der Waals surface area contributed by atoms with Gasteiger partial charge >= 0.3 is 0 Å². The third kappa shape index (κ3) is 4.91. The Morgan fingerprint density at radius 2 is 1.79 bits per heavy atom. The Morgan fingerprint density at radius 3 is 2.36 bits per heavy atom. The van der Waals surface area contributed by atoms with Crippen molar-refractivity contribution in [3.8, 4) is 5.75 Å². The van der Waals surface area contributed by atoms with Crippen molar-refractivity contribution in [1.82, 2.24) is 10.2 Å². The molecule has 0 aliphatic carbocycles. The molecule has 5 heteroatoms. The second-order valence-electron chi connectivity index (χ2n) is 7.88. The minimum absolute atomic E-state index is 0.0200. The molecule has 1 saturated heterocycles. The molecule has 0 saturated carbocycles. The van der Waals surface area contributed by atoms with E-state index >= 15 is 0 Å². The number of carbonyl (C=O) groups is 1. The molecule has 2 aromatic rings. The Balaban J connectivity index is 1.64. The van der Waals surface area contributed by atoms with E-state index in [2.05, 4.69) is 48.6 Å². The normalized spacial score (nSPS) is 18.9. The molecule has 2 N–H and O–H groups in total. The van der Waals surface area contributed by atoms with Crippen LogP contribution in [0.2, 0.25) is 0 Å². The van der Waals surface area contributed by atoms with Crippen LogP contribution in [0.3, 0.4) is 0 Å². The Hall–Kier alpha value is -2.37. The fourth-order valence-electron chi connectivity index (χ4n) is 3.72. The summed E-state index contributed by atoms with van der Waals surface area (Å²) in [6, 6.07) is 12.2. The van der Waals surface area contributed by atoms with Gasteiger partial charge in [0.15, 0.2) is 0 Å². The van der Waals surface area contributed by atoms with Crippen molar-refractivity contribution in [2.24, 2.45) is 0 Å². The number of nitrogens with zero attached hydrogens (tertiary/aromatic N) is 1. The number of benzene rings is 2. The fourth-order valence-corrected chi connectivity index (χ4v) is 3.72. The largest absolute Gasteiger partial charge is 0.488 e. The highest BCUT2D eigenvalue weighted by Gasteiger charge is 2.30. The predicted octanol–water partition coefficient (Wildman–Crippen LogP) is 2.87. The first-order valence-electron chi connectivity index (χ1n) is 9.78. The molecule has 1 aliphatic rings. The van der Waals surface area contributed by atoms with E-state index in [0.717, 1.165) is 28.0 Å². The van der Waals surface area contributed by atoms with Gasteiger partial charge in [-0.15, -0.1) is 0 Å². The number of aliphatic hydroxyl groups excluding tert-OH is 1. The van der Waals surface area contributed by atoms with Crippen molar-refractivity contribution < 1.29 is 14.6 Å². The molecule has 28 heavy (non-hydrogen) atoms. The highest BCUT2D eigenvalue weighted by atomic mass is 16.5. The molecule has 0 aromatic heterocycles. The number of hydrogen-bond acceptors (Lipinski definition) is 4. The molecule has 2 aromatic carbocycles. The van der Waals surface area contributed by atoms with Crippen LogP contribution in [0.5, 0.6) is 5.75 Å². The molecule has 0 spiro atoms. The van der Waals surface area contributed by atoms with Gasteiger partial charge in [0.1, 0.15) is 12.4 Å². The zero-order chi connectivity index (χ0) is 20.3. The zero-order valence-corrected chi connectivity index (χ0v) is 17.2. The van der Waals surface area contributed by atoms with Crippen LogP contribution in [-0.4, -0.2) is 41.7 Å². The first-order chi connectivity index (χ1) is 13.3. The molecule has 1 aliphatic heterocycles. The number of nitrogens with one attached hydrogen (secondary N) is 1. The summed E-state index contributed by atoms with van der Waals surface area (Å²) in [5.74, 6) is 0.922. The molecule has 3 rings (SSSR count). The van der Waals surface area contributed by atoms with Crippen LogP contribution in [0.4, 0.5) is 0 Å². The van der Waals surface area contributed by atoms with Gasteiger partial charge in [0.05, 0.1) is 12.1 Å². The van der Waals surface area contributed by atoms with Crippen LogP contribution >= 0.6 is 0 Å². The van der Waals surface area contributed by atoms with E-state index in [-0.39, 0.29) is 11.9 Å². The van der Waals surface area contributed by atoms with Gasteiger partial charge < -0.3 is 20.1 Å². The lowest BCUT2D eigenvalue weighted by molar-refractivity contribution is -0.132. The lowest BCUT2D eigenvalue weighted by atomic mass is 10.0. The molecule has 5 nitrogen and oxygen atoms in total. The van der Waals surface area contributed by atoms with Crippen LogP contribution in [0.1, 0.15) is 34.2 Å². The molecule has 2 atom stereocenters. The van der Waals surface area contributed by atoms with E-state index in [4.69, 9.17) is 4.74 Å². The molecule has 1 fully saturated rings. The average molecular weight is 383 g/mol. The second kappa shape index (κ2) is 8.76. The van der Waals surface area contributed by atoms with E-state index in [1.165, 1.54) is 5.56 Å². The van der Waals surface area contributed by atoms with Crippen LogP contribution in [-0.2, 0) is 17.9 Å². The first-order valence-corrected chi connectivity index (χ1v) is 9.78. The smallest absolute Gasteiger partial charge is 0.239 e. The lowest BCUT2D eigenvalue weighted by Crippen LogP contribution is -2.41. The molecular formula is C23H30N2O3. The van der Waals surface area contributed by atoms with E-state index in [9.17, 15) is 9.90 Å². The third-order valence-electron chi connectivity index (χ3n) is 5.23. The summed E-state index contributed by atoms with van der Waals surface area (Å²) in [5, 5.41) is 12.7. The van der Waals surface area contributed by atoms with Crippen LogP contribution in [0.15, 0.2) is 36.4 Å². The van der Waals surface area contributed by atoms with E-state index in [1.807, 2.05) is 13.8 Å². The SMILES string of the molecule is Cc1ccc(COc2c(C)cc(CN(C)C(=O)C3CC(O)CN3)cc2C)cc1. The number of hydrogen-bond donors (Lipinski definition) is 2. The second-order valence-corrected chi connectivity index (χ2v) is 7.88. The summed E-state index contributed by atoms with van der Waals surface area (Å²) >= 11 is 0. The molecule has 0 bridgehead atoms. The molecule has 150 valence electrons. The number of aliphatic hydroxyl groups is 1. The maximum Gasteiger partial charge on any atom is 0.239 e. The number of β-amino-alcohol motifs (C(OH)–C–C–N with tert-alkyl or cyclic N) is 1. The maximum atomic E-state index is 12.5. The van der Waals surface area contributed by atoms with E-state index in [1.54, 1.807) is 11.9 Å². The average Bonchev–Trinajstić information content (AvgIpc) is 3.08. The van der Waals surface area contributed by atoms with E-state index in [0.29, 0.717) is 26.1 Å². The van der Waals surface area contributed by atoms with Gasteiger partial charge in [0.25, 0.3) is 0 Å². The van der Waals surface area contributed by atoms with Crippen molar-refractivity contribution in [1.29, 1.82) is 0 Å². The number of amides is 1. The standard InChI is InChI=1S/C23H30N2O3/c1-15-5-7-18(8-6-15)14-28-22-16(2)9-19(10-17(22)3)13-25(4)23(27)21-11-20(26)12-24-21/h5-10,20-21,24,26H,11-14H2,1-4H3. The Labute approximate surface area is 167 Å². The van der Waals surface area contributed by atoms with Crippen LogP contribution < -0.4 is 10.1 Å². The quantitative estimate of drug-likeness (QED) is 0.807. The Bertz CT molecular complexity index is 809. The van der Waals surface area contributed by atoms with Gasteiger partial charge in [-0.1, -0.05) is 42.0 Å². The number of rotatable bonds is 6. The molecule has 0 radical (unpaired) electrons. The summed E-state index contributed by atoms with van der Waals surface area (Å²) in [6.45, 7) is 7.71. The van der Waals surface area contributed by atoms with Gasteiger partial charge in [-0.2, -0.15) is 0 Å². The summed E-state index contributed by atoms with van der Waals surface area (Å²) in [7, 11) is 1.81. The van der Waals surface area contributed by atoms with Gasteiger partial charge in [-0.3, -0.25) is 4.79 Å². The van der Waals surface area contributed by atoms with Crippen molar-refractivity contribution >= 4 is 5.91 Å². The third-order valence-corrected chi connectivity index (χ3v) is 5.23. The lowest BCUT2D eigenvalue weighted by Gasteiger charge is -2.22. The van der Waals surface area contributed by atoms with Crippen LogP contribution in [0, 0.1) is 20.8 Å². The monoisotopic (exact) mass is 382 g/mol. The van der Waals surface area contributed by atoms with Crippen molar-refractivity contribution in [3.63, 3.8) is 0 Å². The number of likely N-dealkylation sites (N-methyl/N-ethyl adjacent to an activating group) is 1. The maximum absolute atomic E-state index is 12.5. The summed E-state index contributed by atoms with van der Waals surface area (Å²) in [4.78, 5) is 14.3. The minimum atomic E-state index is -0.434. The topological polar surface area (TPSA) is 61.8 Å². The molecular weight excluding hydrogens is 352 g/mol. The molecule has 2 unspecified atom stereocenters. The number of carbonyl (C=O) groups excluding carboxylic acids is 1. The van der Waals surface area contributed by atoms with Gasteiger partial charge in [-0.05, 0) is 49.4 Å². The van der Waals surface area contributed by atoms with Gasteiger partial charge in [0.2, 0.25) is 5.91 Å². The van der Waals surface area contributed by atoms with Crippen molar-refractivity contribution in [2.75, 3.05) is 13.6 Å². The van der Waals surface area contributed by atoms with Crippen LogP contribution in [0.25, 0.3) is 0 Å². The summed E-state index contributed by atoms with van der Waals surface area (Å²) in [5.41, 5.74) is 5.59. The summed E-state index contributed by atoms with van der Waals surface area (Å²) < 4.78 is 6.08. The Kier molecular flexibility index (Phi) is 6.37.